The van der Waals surface area contributed by atoms with Gasteiger partial charge in [0.15, 0.2) is 0 Å². The predicted octanol–water partition coefficient (Wildman–Crippen LogP) is 4.78. The molecule has 0 atom stereocenters. The highest BCUT2D eigenvalue weighted by molar-refractivity contribution is 6.04. The van der Waals surface area contributed by atoms with E-state index in [-0.39, 0.29) is 5.91 Å². The van der Waals surface area contributed by atoms with Crippen LogP contribution in [-0.2, 0) is 4.74 Å². The molecule has 2 rings (SSSR count). The van der Waals surface area contributed by atoms with E-state index in [2.05, 4.69) is 19.2 Å². The summed E-state index contributed by atoms with van der Waals surface area (Å²) >= 11 is 0. The Balaban J connectivity index is 1.82. The van der Waals surface area contributed by atoms with Crippen LogP contribution in [0.15, 0.2) is 48.5 Å². The molecule has 0 aliphatic heterocycles. The molecule has 1 N–H and O–H groups in total. The van der Waals surface area contributed by atoms with Crippen molar-refractivity contribution in [3.8, 4) is 11.5 Å². The number of benzene rings is 2. The smallest absolute Gasteiger partial charge is 0.255 e. The number of amides is 1. The zero-order valence-corrected chi connectivity index (χ0v) is 16.4. The molecule has 0 saturated carbocycles. The molecular weight excluding hydrogens is 342 g/mol. The van der Waals surface area contributed by atoms with Gasteiger partial charge in [-0.15, -0.1) is 0 Å². The average molecular weight is 371 g/mol. The van der Waals surface area contributed by atoms with Gasteiger partial charge in [0.2, 0.25) is 0 Å². The maximum absolute atomic E-state index is 12.4. The molecule has 0 aromatic heterocycles. The molecular formula is C22H29NO4. The fourth-order valence-electron chi connectivity index (χ4n) is 2.32. The number of hydrogen-bond donors (Lipinski definition) is 1. The number of ether oxygens (including phenoxy) is 3. The molecule has 1 amide bonds. The van der Waals surface area contributed by atoms with Crippen LogP contribution in [0.5, 0.6) is 11.5 Å². The summed E-state index contributed by atoms with van der Waals surface area (Å²) < 4.78 is 16.5. The lowest BCUT2D eigenvalue weighted by Gasteiger charge is -2.10. The zero-order valence-electron chi connectivity index (χ0n) is 16.4. The van der Waals surface area contributed by atoms with Crippen LogP contribution in [0, 0.1) is 5.92 Å². The predicted molar refractivity (Wildman–Crippen MR) is 108 cm³/mol. The van der Waals surface area contributed by atoms with Crippen molar-refractivity contribution in [2.45, 2.75) is 27.2 Å². The molecule has 5 nitrogen and oxygen atoms in total. The van der Waals surface area contributed by atoms with Crippen molar-refractivity contribution in [3.05, 3.63) is 54.1 Å². The molecule has 0 unspecified atom stereocenters. The van der Waals surface area contributed by atoms with E-state index < -0.39 is 0 Å². The van der Waals surface area contributed by atoms with Crippen molar-refractivity contribution >= 4 is 11.6 Å². The Morgan fingerprint density at radius 3 is 2.07 bits per heavy atom. The minimum Gasteiger partial charge on any atom is -0.494 e. The van der Waals surface area contributed by atoms with Gasteiger partial charge in [-0.05, 0) is 67.8 Å². The van der Waals surface area contributed by atoms with Gasteiger partial charge >= 0.3 is 0 Å². The van der Waals surface area contributed by atoms with Crippen LogP contribution in [0.3, 0.4) is 0 Å². The minimum absolute atomic E-state index is 0.163. The van der Waals surface area contributed by atoms with Crippen LogP contribution in [0.2, 0.25) is 0 Å². The molecule has 0 heterocycles. The van der Waals surface area contributed by atoms with Crippen molar-refractivity contribution in [1.82, 2.24) is 0 Å². The van der Waals surface area contributed by atoms with Gasteiger partial charge in [-0.2, -0.15) is 0 Å². The topological polar surface area (TPSA) is 56.8 Å². The van der Waals surface area contributed by atoms with Crippen molar-refractivity contribution in [2.24, 2.45) is 5.92 Å². The van der Waals surface area contributed by atoms with Crippen LogP contribution < -0.4 is 14.8 Å². The summed E-state index contributed by atoms with van der Waals surface area (Å²) in [6.45, 7) is 8.70. The average Bonchev–Trinajstić information content (AvgIpc) is 2.67. The molecule has 5 heteroatoms. The summed E-state index contributed by atoms with van der Waals surface area (Å²) in [5.74, 6) is 1.98. The molecule has 2 aromatic carbocycles. The first-order chi connectivity index (χ1) is 13.1. The summed E-state index contributed by atoms with van der Waals surface area (Å²) in [6, 6.07) is 14.5. The first-order valence-corrected chi connectivity index (χ1v) is 9.43. The first-order valence-electron chi connectivity index (χ1n) is 9.43. The van der Waals surface area contributed by atoms with Crippen molar-refractivity contribution in [3.63, 3.8) is 0 Å². The fourth-order valence-corrected chi connectivity index (χ4v) is 2.32. The van der Waals surface area contributed by atoms with Gasteiger partial charge in [-0.1, -0.05) is 13.8 Å². The van der Waals surface area contributed by atoms with E-state index in [4.69, 9.17) is 14.2 Å². The van der Waals surface area contributed by atoms with E-state index in [9.17, 15) is 4.79 Å². The third kappa shape index (κ3) is 7.71. The van der Waals surface area contributed by atoms with Gasteiger partial charge in [0.1, 0.15) is 18.1 Å². The van der Waals surface area contributed by atoms with E-state index in [1.165, 1.54) is 0 Å². The number of anilines is 1. The first kappa shape index (κ1) is 20.8. The normalized spacial score (nSPS) is 10.7. The summed E-state index contributed by atoms with van der Waals surface area (Å²) in [5.41, 5.74) is 1.30. The molecule has 0 fully saturated rings. The second-order valence-electron chi connectivity index (χ2n) is 6.58. The van der Waals surface area contributed by atoms with Crippen LogP contribution in [0.25, 0.3) is 0 Å². The van der Waals surface area contributed by atoms with E-state index in [0.717, 1.165) is 17.9 Å². The maximum atomic E-state index is 12.4. The Morgan fingerprint density at radius 2 is 1.48 bits per heavy atom. The largest absolute Gasteiger partial charge is 0.494 e. The Hall–Kier alpha value is -2.53. The third-order valence-electron chi connectivity index (χ3n) is 3.89. The zero-order chi connectivity index (χ0) is 19.5. The van der Waals surface area contributed by atoms with E-state index >= 15 is 0 Å². The highest BCUT2D eigenvalue weighted by Crippen LogP contribution is 2.18. The number of rotatable bonds is 11. The molecule has 0 aliphatic rings. The number of nitrogens with one attached hydrogen (secondary N) is 1. The highest BCUT2D eigenvalue weighted by atomic mass is 16.5. The van der Waals surface area contributed by atoms with Gasteiger partial charge < -0.3 is 19.5 Å². The maximum Gasteiger partial charge on any atom is 0.255 e. The monoisotopic (exact) mass is 371 g/mol. The molecule has 0 radical (unpaired) electrons. The summed E-state index contributed by atoms with van der Waals surface area (Å²) in [5, 5.41) is 2.88. The Kier molecular flexibility index (Phi) is 8.65. The van der Waals surface area contributed by atoms with Gasteiger partial charge in [0.25, 0.3) is 5.91 Å². The molecule has 0 aliphatic carbocycles. The van der Waals surface area contributed by atoms with Gasteiger partial charge in [-0.25, -0.2) is 0 Å². The molecule has 0 bridgehead atoms. The van der Waals surface area contributed by atoms with Crippen LogP contribution >= 0.6 is 0 Å². The van der Waals surface area contributed by atoms with Crippen molar-refractivity contribution in [2.75, 3.05) is 31.7 Å². The van der Waals surface area contributed by atoms with Crippen molar-refractivity contribution in [1.29, 1.82) is 0 Å². The lowest BCUT2D eigenvalue weighted by molar-refractivity contribution is 0.102. The van der Waals surface area contributed by atoms with Crippen molar-refractivity contribution < 1.29 is 19.0 Å². The second kappa shape index (κ2) is 11.2. The Bertz CT molecular complexity index is 680. The lowest BCUT2D eigenvalue weighted by atomic mass is 10.1. The molecule has 0 spiro atoms. The Labute approximate surface area is 161 Å². The SMILES string of the molecule is CCOCCOc1ccc(C(=O)Nc2ccc(OCCC(C)C)cc2)cc1. The number of hydrogen-bond acceptors (Lipinski definition) is 4. The summed E-state index contributed by atoms with van der Waals surface area (Å²) in [4.78, 5) is 12.4. The minimum atomic E-state index is -0.163. The van der Waals surface area contributed by atoms with E-state index in [0.29, 0.717) is 43.7 Å². The molecule has 146 valence electrons. The number of carbonyl (C=O) groups is 1. The lowest BCUT2D eigenvalue weighted by Crippen LogP contribution is -2.12. The van der Waals surface area contributed by atoms with Crippen LogP contribution in [0.1, 0.15) is 37.6 Å². The highest BCUT2D eigenvalue weighted by Gasteiger charge is 2.07. The third-order valence-corrected chi connectivity index (χ3v) is 3.89. The van der Waals surface area contributed by atoms with E-state index in [1.807, 2.05) is 31.2 Å². The van der Waals surface area contributed by atoms with Crippen LogP contribution in [0.4, 0.5) is 5.69 Å². The Morgan fingerprint density at radius 1 is 0.889 bits per heavy atom. The summed E-state index contributed by atoms with van der Waals surface area (Å²) in [7, 11) is 0. The molecule has 0 saturated heterocycles. The van der Waals surface area contributed by atoms with Gasteiger partial charge in [-0.3, -0.25) is 4.79 Å². The summed E-state index contributed by atoms with van der Waals surface area (Å²) in [6.07, 6.45) is 1.02. The van der Waals surface area contributed by atoms with E-state index in [1.54, 1.807) is 24.3 Å². The second-order valence-corrected chi connectivity index (χ2v) is 6.58. The quantitative estimate of drug-likeness (QED) is 0.578. The number of carbonyl (C=O) groups excluding carboxylic acids is 1. The van der Waals surface area contributed by atoms with Gasteiger partial charge in [0.05, 0.1) is 13.2 Å². The van der Waals surface area contributed by atoms with Gasteiger partial charge in [0, 0.05) is 17.9 Å². The molecule has 2 aromatic rings. The van der Waals surface area contributed by atoms with Crippen LogP contribution in [-0.4, -0.2) is 32.3 Å². The fraction of sp³-hybridized carbons (Fsp3) is 0.409. The molecule has 27 heavy (non-hydrogen) atoms. The standard InChI is InChI=1S/C22H29NO4/c1-4-25-15-16-27-20-9-5-18(6-10-20)22(24)23-19-7-11-21(12-8-19)26-14-13-17(2)3/h5-12,17H,4,13-16H2,1-3H3,(H,23,24).